The Hall–Kier alpha value is -3.46. The summed E-state index contributed by atoms with van der Waals surface area (Å²) in [4.78, 5) is 17.2. The van der Waals surface area contributed by atoms with Crippen molar-refractivity contribution in [1.29, 1.82) is 0 Å². The largest absolute Gasteiger partial charge is 0.493 e. The average Bonchev–Trinajstić information content (AvgIpc) is 2.81. The number of benzene rings is 3. The Kier molecular flexibility index (Phi) is 6.73. The molecule has 3 nitrogen and oxygen atoms in total. The minimum Gasteiger partial charge on any atom is -0.493 e. The summed E-state index contributed by atoms with van der Waals surface area (Å²) < 4.78 is 5.89. The lowest BCUT2D eigenvalue weighted by molar-refractivity contribution is -0.119. The lowest BCUT2D eigenvalue weighted by atomic mass is 9.88. The van der Waals surface area contributed by atoms with Crippen molar-refractivity contribution < 1.29 is 9.53 Å². The molecule has 0 aliphatic rings. The Balaban J connectivity index is 1.37. The number of carbonyl (C=O) groups is 1. The number of ketones is 1. The molecular weight excluding hydrogens is 382 g/mol. The van der Waals surface area contributed by atoms with Gasteiger partial charge in [-0.15, -0.1) is 0 Å². The summed E-state index contributed by atoms with van der Waals surface area (Å²) in [5.41, 5.74) is 3.36. The van der Waals surface area contributed by atoms with Gasteiger partial charge in [-0.3, -0.25) is 9.78 Å². The monoisotopic (exact) mass is 409 g/mol. The van der Waals surface area contributed by atoms with Crippen LogP contribution in [0.1, 0.15) is 36.0 Å². The Morgan fingerprint density at radius 2 is 1.71 bits per heavy atom. The van der Waals surface area contributed by atoms with E-state index in [9.17, 15) is 4.79 Å². The van der Waals surface area contributed by atoms with E-state index in [4.69, 9.17) is 4.74 Å². The fourth-order valence-electron chi connectivity index (χ4n) is 3.94. The topological polar surface area (TPSA) is 39.2 Å². The van der Waals surface area contributed by atoms with E-state index in [1.54, 1.807) is 6.20 Å². The molecular formula is C28H27NO2. The van der Waals surface area contributed by atoms with Gasteiger partial charge in [0.25, 0.3) is 0 Å². The van der Waals surface area contributed by atoms with Crippen molar-refractivity contribution in [2.75, 3.05) is 6.61 Å². The lowest BCUT2D eigenvalue weighted by Gasteiger charge is -2.15. The number of aromatic nitrogens is 1. The minimum absolute atomic E-state index is 0.105. The first-order chi connectivity index (χ1) is 15.2. The molecule has 0 amide bonds. The van der Waals surface area contributed by atoms with Crippen molar-refractivity contribution in [3.05, 3.63) is 108 Å². The van der Waals surface area contributed by atoms with E-state index in [2.05, 4.69) is 30.1 Å². The summed E-state index contributed by atoms with van der Waals surface area (Å²) in [5.74, 6) is 0.977. The highest BCUT2D eigenvalue weighted by Gasteiger charge is 2.19. The Labute approximate surface area is 183 Å². The normalized spacial score (nSPS) is 11.9. The van der Waals surface area contributed by atoms with E-state index in [-0.39, 0.29) is 11.7 Å². The zero-order valence-electron chi connectivity index (χ0n) is 17.8. The molecule has 1 atom stereocenters. The summed E-state index contributed by atoms with van der Waals surface area (Å²) in [6.07, 6.45) is 5.72. The highest BCUT2D eigenvalue weighted by molar-refractivity contribution is 5.89. The van der Waals surface area contributed by atoms with E-state index in [0.29, 0.717) is 13.0 Å². The number of nitrogens with zero attached hydrogens (tertiary/aromatic N) is 1. The lowest BCUT2D eigenvalue weighted by Crippen LogP contribution is -2.14. The van der Waals surface area contributed by atoms with Crippen LogP contribution in [-0.4, -0.2) is 17.4 Å². The summed E-state index contributed by atoms with van der Waals surface area (Å²) in [7, 11) is 0. The van der Waals surface area contributed by atoms with Crippen molar-refractivity contribution in [2.45, 2.75) is 32.1 Å². The number of fused-ring (bicyclic) bond motifs is 1. The van der Waals surface area contributed by atoms with E-state index >= 15 is 0 Å². The van der Waals surface area contributed by atoms with Crippen LogP contribution in [-0.2, 0) is 17.6 Å². The average molecular weight is 410 g/mol. The highest BCUT2D eigenvalue weighted by Crippen LogP contribution is 2.25. The Bertz CT molecular complexity index is 1140. The highest BCUT2D eigenvalue weighted by atomic mass is 16.5. The van der Waals surface area contributed by atoms with Gasteiger partial charge in [-0.1, -0.05) is 67.6 Å². The molecule has 3 aromatic carbocycles. The predicted octanol–water partition coefficient (Wildman–Crippen LogP) is 6.16. The molecule has 0 aliphatic carbocycles. The smallest absolute Gasteiger partial charge is 0.144 e. The fourth-order valence-corrected chi connectivity index (χ4v) is 3.94. The van der Waals surface area contributed by atoms with Crippen molar-refractivity contribution in [2.24, 2.45) is 0 Å². The van der Waals surface area contributed by atoms with Gasteiger partial charge in [0.1, 0.15) is 11.5 Å². The van der Waals surface area contributed by atoms with Gasteiger partial charge in [-0.05, 0) is 46.7 Å². The third kappa shape index (κ3) is 5.37. The van der Waals surface area contributed by atoms with Crippen LogP contribution in [0.3, 0.4) is 0 Å². The molecule has 0 saturated carbocycles. The SMILES string of the molecule is CCC(C(=O)Cc1ccc2cnccc2c1)c1ccc(OCCc2ccccc2)cc1. The third-order valence-corrected chi connectivity index (χ3v) is 5.67. The molecule has 0 spiro atoms. The molecule has 0 bridgehead atoms. The molecule has 1 aromatic heterocycles. The molecule has 0 N–H and O–H groups in total. The molecule has 0 fully saturated rings. The number of hydrogen-bond donors (Lipinski definition) is 0. The molecule has 0 saturated heterocycles. The standard InChI is InChI=1S/C28H27NO2/c1-2-27(28(30)19-22-8-9-25-20-29-16-14-24(25)18-22)23-10-12-26(13-11-23)31-17-15-21-6-4-3-5-7-21/h3-14,16,18,20,27H,2,15,17,19H2,1H3. The van der Waals surface area contributed by atoms with Gasteiger partial charge in [0.2, 0.25) is 0 Å². The summed E-state index contributed by atoms with van der Waals surface area (Å²) in [6, 6.07) is 26.4. The van der Waals surface area contributed by atoms with E-state index < -0.39 is 0 Å². The van der Waals surface area contributed by atoms with Crippen LogP contribution in [0, 0.1) is 0 Å². The molecule has 1 heterocycles. The second-order valence-electron chi connectivity index (χ2n) is 7.81. The number of rotatable bonds is 9. The molecule has 156 valence electrons. The van der Waals surface area contributed by atoms with Crippen molar-refractivity contribution >= 4 is 16.6 Å². The van der Waals surface area contributed by atoms with Gasteiger partial charge < -0.3 is 4.74 Å². The van der Waals surface area contributed by atoms with Crippen LogP contribution in [0.5, 0.6) is 5.75 Å². The third-order valence-electron chi connectivity index (χ3n) is 5.67. The van der Waals surface area contributed by atoms with Gasteiger partial charge in [0, 0.05) is 36.5 Å². The molecule has 0 aliphatic heterocycles. The maximum atomic E-state index is 13.1. The van der Waals surface area contributed by atoms with Crippen LogP contribution in [0.25, 0.3) is 10.8 Å². The van der Waals surface area contributed by atoms with Crippen molar-refractivity contribution in [3.63, 3.8) is 0 Å². The summed E-state index contributed by atoms with van der Waals surface area (Å²) in [6.45, 7) is 2.70. The van der Waals surface area contributed by atoms with Gasteiger partial charge in [0.15, 0.2) is 0 Å². The van der Waals surface area contributed by atoms with Gasteiger partial charge in [0.05, 0.1) is 6.61 Å². The second kappa shape index (κ2) is 10.0. The molecule has 4 aromatic rings. The first kappa shape index (κ1) is 20.8. The maximum Gasteiger partial charge on any atom is 0.144 e. The number of Topliss-reactive ketones (excluding diaryl/α,β-unsaturated/α-hetero) is 1. The molecule has 1 unspecified atom stereocenters. The summed E-state index contributed by atoms with van der Waals surface area (Å²) in [5, 5.41) is 2.21. The van der Waals surface area contributed by atoms with Crippen molar-refractivity contribution in [3.8, 4) is 5.75 Å². The number of hydrogen-bond acceptors (Lipinski definition) is 3. The number of ether oxygens (including phenoxy) is 1. The zero-order valence-corrected chi connectivity index (χ0v) is 17.8. The van der Waals surface area contributed by atoms with E-state index in [0.717, 1.165) is 40.5 Å². The predicted molar refractivity (Wildman–Crippen MR) is 126 cm³/mol. The quantitative estimate of drug-likeness (QED) is 0.332. The van der Waals surface area contributed by atoms with Crippen molar-refractivity contribution in [1.82, 2.24) is 4.98 Å². The first-order valence-electron chi connectivity index (χ1n) is 10.8. The van der Waals surface area contributed by atoms with Crippen LogP contribution < -0.4 is 4.74 Å². The van der Waals surface area contributed by atoms with E-state index in [1.807, 2.05) is 66.9 Å². The van der Waals surface area contributed by atoms with Gasteiger partial charge in [-0.2, -0.15) is 0 Å². The molecule has 4 rings (SSSR count). The fraction of sp³-hybridized carbons (Fsp3) is 0.214. The first-order valence-corrected chi connectivity index (χ1v) is 10.8. The van der Waals surface area contributed by atoms with Crippen LogP contribution in [0.4, 0.5) is 0 Å². The molecule has 3 heteroatoms. The molecule has 0 radical (unpaired) electrons. The van der Waals surface area contributed by atoms with Gasteiger partial charge >= 0.3 is 0 Å². The van der Waals surface area contributed by atoms with E-state index in [1.165, 1.54) is 5.56 Å². The maximum absolute atomic E-state index is 13.1. The summed E-state index contributed by atoms with van der Waals surface area (Å²) >= 11 is 0. The Morgan fingerprint density at radius 3 is 2.48 bits per heavy atom. The Morgan fingerprint density at radius 1 is 0.903 bits per heavy atom. The molecule has 31 heavy (non-hydrogen) atoms. The van der Waals surface area contributed by atoms with Crippen LogP contribution in [0.15, 0.2) is 91.3 Å². The zero-order chi connectivity index (χ0) is 21.5. The second-order valence-corrected chi connectivity index (χ2v) is 7.81. The van der Waals surface area contributed by atoms with Crippen LogP contribution >= 0.6 is 0 Å². The van der Waals surface area contributed by atoms with Gasteiger partial charge in [-0.25, -0.2) is 0 Å². The number of pyridine rings is 1. The minimum atomic E-state index is -0.105. The van der Waals surface area contributed by atoms with Crippen LogP contribution in [0.2, 0.25) is 0 Å². The number of carbonyl (C=O) groups excluding carboxylic acids is 1.